The Bertz CT molecular complexity index is 929. The van der Waals surface area contributed by atoms with Crippen molar-refractivity contribution in [2.24, 2.45) is 23.7 Å². The Kier molecular flexibility index (Phi) is 36.9. The molecule has 1 N–H and O–H groups in total. The summed E-state index contributed by atoms with van der Waals surface area (Å²) in [5, 5.41) is 3.40. The van der Waals surface area contributed by atoms with Gasteiger partial charge in [-0.3, -0.25) is 4.79 Å². The largest absolute Gasteiger partial charge is 0.350 e. The highest BCUT2D eigenvalue weighted by Crippen LogP contribution is 2.36. The summed E-state index contributed by atoms with van der Waals surface area (Å²) in [6.45, 7) is 16.5. The third-order valence-electron chi connectivity index (χ3n) is 13.4. The van der Waals surface area contributed by atoms with E-state index in [9.17, 15) is 4.79 Å². The number of allylic oxidation sites excluding steroid dienone is 3. The molecule has 0 bridgehead atoms. The van der Waals surface area contributed by atoms with Gasteiger partial charge in [0.15, 0.2) is 6.29 Å². The summed E-state index contributed by atoms with van der Waals surface area (Å²) in [6, 6.07) is -0.0389. The molecule has 1 aliphatic heterocycles. The van der Waals surface area contributed by atoms with E-state index in [1.807, 2.05) is 0 Å². The van der Waals surface area contributed by atoms with Crippen LogP contribution in [0.5, 0.6) is 0 Å². The second-order valence-electron chi connectivity index (χ2n) is 18.6. The molecule has 1 amide bonds. The smallest absolute Gasteiger partial charge is 0.220 e. The fourth-order valence-corrected chi connectivity index (χ4v) is 8.74. The monoisotopic (exact) mass is 800 g/mol. The molecule has 336 valence electrons. The zero-order valence-corrected chi connectivity index (χ0v) is 39.6. The van der Waals surface area contributed by atoms with Crippen LogP contribution >= 0.6 is 0 Å². The lowest BCUT2D eigenvalue weighted by atomic mass is 9.78. The molecule has 1 heterocycles. The first-order chi connectivity index (χ1) is 27.8. The summed E-state index contributed by atoms with van der Waals surface area (Å²) in [5.41, 5.74) is 0. The second kappa shape index (κ2) is 39.0. The topological polar surface area (TPSA) is 47.6 Å². The second-order valence-corrected chi connectivity index (χ2v) is 18.6. The van der Waals surface area contributed by atoms with E-state index in [4.69, 9.17) is 9.47 Å². The van der Waals surface area contributed by atoms with Crippen LogP contribution in [0, 0.1) is 23.7 Å². The van der Waals surface area contributed by atoms with E-state index >= 15 is 0 Å². The predicted molar refractivity (Wildman–Crippen MR) is 251 cm³/mol. The quantitative estimate of drug-likeness (QED) is 0.0496. The number of hydrogen-bond donors (Lipinski definition) is 1. The highest BCUT2D eigenvalue weighted by Gasteiger charge is 2.39. The molecular weight excluding hydrogens is 699 g/mol. The molecule has 0 aliphatic carbocycles. The average Bonchev–Trinajstić information content (AvgIpc) is 3.21. The van der Waals surface area contributed by atoms with Gasteiger partial charge in [0.2, 0.25) is 5.91 Å². The number of carbonyl (C=O) groups is 1. The van der Waals surface area contributed by atoms with Crippen molar-refractivity contribution in [1.82, 2.24) is 5.32 Å². The third-order valence-corrected chi connectivity index (χ3v) is 13.4. The number of nitrogens with one attached hydrogen (secondary N) is 1. The molecule has 1 rings (SSSR count). The predicted octanol–water partition coefficient (Wildman–Crippen LogP) is 16.8. The Morgan fingerprint density at radius 2 is 0.947 bits per heavy atom. The molecule has 7 atom stereocenters. The van der Waals surface area contributed by atoms with Crippen LogP contribution < -0.4 is 5.32 Å². The van der Waals surface area contributed by atoms with Crippen LogP contribution in [0.2, 0.25) is 0 Å². The zero-order chi connectivity index (χ0) is 41.6. The Morgan fingerprint density at radius 3 is 1.39 bits per heavy atom. The van der Waals surface area contributed by atoms with Crippen molar-refractivity contribution in [2.75, 3.05) is 6.61 Å². The fourth-order valence-electron chi connectivity index (χ4n) is 8.74. The maximum atomic E-state index is 13.2. The highest BCUT2D eigenvalue weighted by atomic mass is 16.7. The first-order valence-electron chi connectivity index (χ1n) is 25.7. The molecule has 0 aromatic rings. The Labute approximate surface area is 357 Å². The third kappa shape index (κ3) is 29.7. The molecule has 0 radical (unpaired) electrons. The lowest BCUT2D eigenvalue weighted by Gasteiger charge is -2.43. The lowest BCUT2D eigenvalue weighted by molar-refractivity contribution is -0.250. The molecule has 0 spiro atoms. The molecular formula is C53H101NO3. The number of amides is 1. The molecule has 1 aliphatic rings. The van der Waals surface area contributed by atoms with E-state index in [-0.39, 0.29) is 30.3 Å². The summed E-state index contributed by atoms with van der Waals surface area (Å²) in [4.78, 5) is 13.2. The van der Waals surface area contributed by atoms with E-state index in [2.05, 4.69) is 78.1 Å². The molecule has 0 aromatic heterocycles. The molecule has 1 fully saturated rings. The van der Waals surface area contributed by atoms with E-state index < -0.39 is 0 Å². The first kappa shape index (κ1) is 53.9. The van der Waals surface area contributed by atoms with Gasteiger partial charge in [0.05, 0.1) is 18.8 Å². The van der Waals surface area contributed by atoms with E-state index in [1.54, 1.807) is 0 Å². The van der Waals surface area contributed by atoms with Crippen LogP contribution in [0.4, 0.5) is 0 Å². The number of ether oxygens (including phenoxy) is 2. The molecule has 4 nitrogen and oxygen atoms in total. The van der Waals surface area contributed by atoms with Crippen molar-refractivity contribution in [3.63, 3.8) is 0 Å². The normalized spacial score (nSPS) is 21.1. The van der Waals surface area contributed by atoms with Gasteiger partial charge in [-0.25, -0.2) is 0 Å². The number of unbranched alkanes of at least 4 members (excludes halogenated alkanes) is 28. The van der Waals surface area contributed by atoms with E-state index in [0.29, 0.717) is 30.8 Å². The standard InChI is InChI=1S/C53H101NO3/c1-8-11-13-15-17-19-21-23-24-25-26-27-28-29-30-32-34-36-38-40-42-44-52(55)54-50(45-56-53-49(7)47(5)48(6)51(10-3)57-53)46(4)43-41-39-37-35-33-31-22-20-18-16-14-12-9-2/h23-24,41,43,46-51,53H,8-22,25-40,42,44-45H2,1-7H3,(H,54,55)/b24-23-,43-41+/t46-,47?,48?,49?,50+,51?,53?/m1/s1. The van der Waals surface area contributed by atoms with Crippen molar-refractivity contribution >= 4 is 5.91 Å². The Hall–Kier alpha value is -1.13. The van der Waals surface area contributed by atoms with Crippen molar-refractivity contribution in [3.05, 3.63) is 24.3 Å². The SMILES string of the molecule is CCCCCCCC/C=C\CCCCCCCCCCCCCC(=O)N[C@@H](COC1OC(CC)C(C)C(C)C1C)[C@H](C)/C=C/CCCCCCCCCCCCC. The summed E-state index contributed by atoms with van der Waals surface area (Å²) in [5.74, 6) is 1.81. The number of rotatable bonds is 40. The summed E-state index contributed by atoms with van der Waals surface area (Å²) < 4.78 is 13.0. The van der Waals surface area contributed by atoms with Gasteiger partial charge in [0, 0.05) is 12.3 Å². The minimum atomic E-state index is -0.208. The van der Waals surface area contributed by atoms with Gasteiger partial charge in [0.1, 0.15) is 0 Å². The van der Waals surface area contributed by atoms with Gasteiger partial charge in [0.25, 0.3) is 0 Å². The van der Waals surface area contributed by atoms with Gasteiger partial charge >= 0.3 is 0 Å². The maximum Gasteiger partial charge on any atom is 0.220 e. The van der Waals surface area contributed by atoms with Gasteiger partial charge in [-0.05, 0) is 69.1 Å². The van der Waals surface area contributed by atoms with Crippen molar-refractivity contribution in [3.8, 4) is 0 Å². The van der Waals surface area contributed by atoms with E-state index in [0.717, 1.165) is 25.7 Å². The van der Waals surface area contributed by atoms with Gasteiger partial charge in [-0.15, -0.1) is 0 Å². The van der Waals surface area contributed by atoms with Gasteiger partial charge in [-0.2, -0.15) is 0 Å². The highest BCUT2D eigenvalue weighted by molar-refractivity contribution is 5.76. The lowest BCUT2D eigenvalue weighted by Crippen LogP contribution is -2.48. The molecule has 5 unspecified atom stereocenters. The number of carbonyl (C=O) groups excluding carboxylic acids is 1. The van der Waals surface area contributed by atoms with Crippen LogP contribution in [0.25, 0.3) is 0 Å². The molecule has 0 saturated carbocycles. The van der Waals surface area contributed by atoms with Crippen molar-refractivity contribution in [1.29, 1.82) is 0 Å². The fraction of sp³-hybridized carbons (Fsp3) is 0.906. The maximum absolute atomic E-state index is 13.2. The molecule has 57 heavy (non-hydrogen) atoms. The number of hydrogen-bond acceptors (Lipinski definition) is 3. The Balaban J connectivity index is 2.29. The van der Waals surface area contributed by atoms with Crippen LogP contribution in [0.3, 0.4) is 0 Å². The van der Waals surface area contributed by atoms with Crippen molar-refractivity contribution < 1.29 is 14.3 Å². The molecule has 4 heteroatoms. The average molecular weight is 800 g/mol. The van der Waals surface area contributed by atoms with Crippen molar-refractivity contribution in [2.45, 2.75) is 279 Å². The Morgan fingerprint density at radius 1 is 0.544 bits per heavy atom. The summed E-state index contributed by atoms with van der Waals surface area (Å²) in [6.07, 6.45) is 52.6. The minimum absolute atomic E-state index is 0.0389. The summed E-state index contributed by atoms with van der Waals surface area (Å²) >= 11 is 0. The van der Waals surface area contributed by atoms with Gasteiger partial charge < -0.3 is 14.8 Å². The zero-order valence-electron chi connectivity index (χ0n) is 39.6. The van der Waals surface area contributed by atoms with Crippen LogP contribution in [0.1, 0.15) is 260 Å². The first-order valence-corrected chi connectivity index (χ1v) is 25.7. The molecule has 0 aromatic carbocycles. The minimum Gasteiger partial charge on any atom is -0.350 e. The van der Waals surface area contributed by atoms with Crippen LogP contribution in [0.15, 0.2) is 24.3 Å². The summed E-state index contributed by atoms with van der Waals surface area (Å²) in [7, 11) is 0. The van der Waals surface area contributed by atoms with Crippen LogP contribution in [-0.4, -0.2) is 30.9 Å². The van der Waals surface area contributed by atoms with E-state index in [1.165, 1.54) is 180 Å². The molecule has 1 saturated heterocycles. The van der Waals surface area contributed by atoms with Gasteiger partial charge in [-0.1, -0.05) is 227 Å². The van der Waals surface area contributed by atoms with Crippen LogP contribution in [-0.2, 0) is 14.3 Å².